The quantitative estimate of drug-likeness (QED) is 0.713. The van der Waals surface area contributed by atoms with Crippen LogP contribution in [-0.4, -0.2) is 32.8 Å². The normalized spacial score (nSPS) is 13.4. The summed E-state index contributed by atoms with van der Waals surface area (Å²) < 4.78 is 0. The maximum Gasteiger partial charge on any atom is 0.354 e. The van der Waals surface area contributed by atoms with E-state index in [0.717, 1.165) is 0 Å². The number of hydrogen-bond donors (Lipinski definition) is 3. The molecule has 3 N–H and O–H groups in total. The van der Waals surface area contributed by atoms with Gasteiger partial charge in [-0.2, -0.15) is 0 Å². The Kier molecular flexibility index (Phi) is 4.20. The van der Waals surface area contributed by atoms with E-state index in [9.17, 15) is 9.90 Å². The SMILES string of the molecule is CC(O)C(C)(C)NCc1cccc(C(=O)O)n1. The van der Waals surface area contributed by atoms with E-state index >= 15 is 0 Å². The molecule has 0 amide bonds. The van der Waals surface area contributed by atoms with E-state index in [1.54, 1.807) is 19.1 Å². The zero-order valence-corrected chi connectivity index (χ0v) is 10.3. The third kappa shape index (κ3) is 3.80. The Bertz CT molecular complexity index is 402. The summed E-state index contributed by atoms with van der Waals surface area (Å²) >= 11 is 0. The second kappa shape index (κ2) is 5.25. The van der Waals surface area contributed by atoms with Crippen molar-refractivity contribution in [1.29, 1.82) is 0 Å². The molecule has 0 fully saturated rings. The fraction of sp³-hybridized carbons (Fsp3) is 0.500. The number of aromatic carboxylic acids is 1. The Hall–Kier alpha value is -1.46. The zero-order valence-electron chi connectivity index (χ0n) is 10.3. The van der Waals surface area contributed by atoms with E-state index in [2.05, 4.69) is 10.3 Å². The molecule has 1 rings (SSSR count). The van der Waals surface area contributed by atoms with E-state index in [1.807, 2.05) is 13.8 Å². The van der Waals surface area contributed by atoms with E-state index in [-0.39, 0.29) is 5.69 Å². The summed E-state index contributed by atoms with van der Waals surface area (Å²) in [6.07, 6.45) is -0.509. The first-order valence-electron chi connectivity index (χ1n) is 5.45. The van der Waals surface area contributed by atoms with Gasteiger partial charge in [-0.15, -0.1) is 0 Å². The fourth-order valence-electron chi connectivity index (χ4n) is 1.16. The third-order valence-electron chi connectivity index (χ3n) is 2.80. The van der Waals surface area contributed by atoms with Gasteiger partial charge in [0, 0.05) is 12.1 Å². The van der Waals surface area contributed by atoms with Crippen LogP contribution >= 0.6 is 0 Å². The van der Waals surface area contributed by atoms with Crippen molar-refractivity contribution < 1.29 is 15.0 Å². The maximum absolute atomic E-state index is 10.7. The Morgan fingerprint density at radius 2 is 2.18 bits per heavy atom. The van der Waals surface area contributed by atoms with E-state index in [1.165, 1.54) is 6.07 Å². The molecule has 0 spiro atoms. The summed E-state index contributed by atoms with van der Waals surface area (Å²) in [5.41, 5.74) is 0.221. The molecule has 0 saturated heterocycles. The highest BCUT2D eigenvalue weighted by Gasteiger charge is 2.23. The highest BCUT2D eigenvalue weighted by molar-refractivity contribution is 5.85. The summed E-state index contributed by atoms with van der Waals surface area (Å²) in [7, 11) is 0. The molecule has 17 heavy (non-hydrogen) atoms. The smallest absolute Gasteiger partial charge is 0.354 e. The van der Waals surface area contributed by atoms with Gasteiger partial charge in [0.2, 0.25) is 0 Å². The largest absolute Gasteiger partial charge is 0.477 e. The van der Waals surface area contributed by atoms with Crippen LogP contribution in [-0.2, 0) is 6.54 Å². The van der Waals surface area contributed by atoms with Crippen LogP contribution in [0.4, 0.5) is 0 Å². The topological polar surface area (TPSA) is 82.5 Å². The molecule has 1 aromatic heterocycles. The van der Waals surface area contributed by atoms with E-state index < -0.39 is 17.6 Å². The average Bonchev–Trinajstić information content (AvgIpc) is 2.26. The van der Waals surface area contributed by atoms with Crippen molar-refractivity contribution in [3.63, 3.8) is 0 Å². The van der Waals surface area contributed by atoms with Gasteiger partial charge in [-0.3, -0.25) is 0 Å². The van der Waals surface area contributed by atoms with Crippen molar-refractivity contribution in [3.05, 3.63) is 29.6 Å². The Morgan fingerprint density at radius 1 is 1.53 bits per heavy atom. The van der Waals surface area contributed by atoms with Crippen LogP contribution in [0.5, 0.6) is 0 Å². The standard InChI is InChI=1S/C12H18N2O3/c1-8(15)12(2,3)13-7-9-5-4-6-10(14-9)11(16)17/h4-6,8,13,15H,7H2,1-3H3,(H,16,17). The maximum atomic E-state index is 10.7. The zero-order chi connectivity index (χ0) is 13.1. The molecule has 0 aliphatic carbocycles. The van der Waals surface area contributed by atoms with Crippen LogP contribution in [0, 0.1) is 0 Å². The molecule has 1 atom stereocenters. The highest BCUT2D eigenvalue weighted by Crippen LogP contribution is 2.09. The number of pyridine rings is 1. The number of hydrogen-bond acceptors (Lipinski definition) is 4. The van der Waals surface area contributed by atoms with E-state index in [4.69, 9.17) is 5.11 Å². The van der Waals surface area contributed by atoms with Crippen molar-refractivity contribution in [2.45, 2.75) is 39.0 Å². The van der Waals surface area contributed by atoms with E-state index in [0.29, 0.717) is 12.2 Å². The lowest BCUT2D eigenvalue weighted by molar-refractivity contribution is 0.0689. The Balaban J connectivity index is 2.70. The monoisotopic (exact) mass is 238 g/mol. The molecule has 0 aliphatic rings. The highest BCUT2D eigenvalue weighted by atomic mass is 16.4. The van der Waals surface area contributed by atoms with Crippen LogP contribution in [0.15, 0.2) is 18.2 Å². The molecule has 1 heterocycles. The van der Waals surface area contributed by atoms with Crippen LogP contribution in [0.2, 0.25) is 0 Å². The molecule has 0 bridgehead atoms. The molecular formula is C12H18N2O3. The van der Waals surface area contributed by atoms with Crippen LogP contribution < -0.4 is 5.32 Å². The van der Waals surface area contributed by atoms with Crippen molar-refractivity contribution in [1.82, 2.24) is 10.3 Å². The van der Waals surface area contributed by atoms with Gasteiger partial charge in [-0.25, -0.2) is 9.78 Å². The summed E-state index contributed by atoms with van der Waals surface area (Å²) in [5, 5.41) is 21.5. The Morgan fingerprint density at radius 3 is 2.71 bits per heavy atom. The van der Waals surface area contributed by atoms with Crippen molar-refractivity contribution >= 4 is 5.97 Å². The second-order valence-electron chi connectivity index (χ2n) is 4.57. The lowest BCUT2D eigenvalue weighted by Gasteiger charge is -2.29. The molecule has 0 radical (unpaired) electrons. The number of rotatable bonds is 5. The van der Waals surface area contributed by atoms with Crippen LogP contribution in [0.3, 0.4) is 0 Å². The minimum Gasteiger partial charge on any atom is -0.477 e. The van der Waals surface area contributed by atoms with Gasteiger partial charge in [0.1, 0.15) is 5.69 Å². The number of aromatic nitrogens is 1. The van der Waals surface area contributed by atoms with Crippen molar-refractivity contribution in [2.24, 2.45) is 0 Å². The number of nitrogens with one attached hydrogen (secondary N) is 1. The summed E-state index contributed by atoms with van der Waals surface area (Å²) in [6.45, 7) is 5.87. The minimum atomic E-state index is -1.04. The predicted molar refractivity (Wildman–Crippen MR) is 63.8 cm³/mol. The number of carbonyl (C=O) groups is 1. The first-order valence-corrected chi connectivity index (χ1v) is 5.45. The van der Waals surface area contributed by atoms with Gasteiger partial charge < -0.3 is 15.5 Å². The van der Waals surface area contributed by atoms with Gasteiger partial charge in [-0.1, -0.05) is 6.07 Å². The van der Waals surface area contributed by atoms with Gasteiger partial charge in [0.15, 0.2) is 0 Å². The molecule has 0 saturated carbocycles. The number of nitrogens with zero attached hydrogens (tertiary/aromatic N) is 1. The van der Waals surface area contributed by atoms with Gasteiger partial charge in [0.25, 0.3) is 0 Å². The molecule has 0 aliphatic heterocycles. The second-order valence-corrected chi connectivity index (χ2v) is 4.57. The predicted octanol–water partition coefficient (Wildman–Crippen LogP) is 1.03. The lowest BCUT2D eigenvalue weighted by Crippen LogP contribution is -2.47. The first kappa shape index (κ1) is 13.6. The number of carboxylic acid groups (broad SMARTS) is 1. The summed E-state index contributed by atoms with van der Waals surface area (Å²) in [6, 6.07) is 4.85. The molecule has 1 unspecified atom stereocenters. The number of aliphatic hydroxyl groups excluding tert-OH is 1. The first-order chi connectivity index (χ1) is 7.83. The Labute approximate surface area is 101 Å². The fourth-order valence-corrected chi connectivity index (χ4v) is 1.16. The number of aliphatic hydroxyl groups is 1. The molecule has 1 aromatic rings. The summed E-state index contributed by atoms with van der Waals surface area (Å²) in [4.78, 5) is 14.7. The minimum absolute atomic E-state index is 0.0270. The molecule has 5 heteroatoms. The van der Waals surface area contributed by atoms with Crippen LogP contribution in [0.25, 0.3) is 0 Å². The van der Waals surface area contributed by atoms with Crippen molar-refractivity contribution in [3.8, 4) is 0 Å². The third-order valence-corrected chi connectivity index (χ3v) is 2.80. The van der Waals surface area contributed by atoms with Crippen LogP contribution in [0.1, 0.15) is 37.0 Å². The lowest BCUT2D eigenvalue weighted by atomic mass is 9.99. The summed E-state index contributed by atoms with van der Waals surface area (Å²) in [5.74, 6) is -1.04. The van der Waals surface area contributed by atoms with Gasteiger partial charge >= 0.3 is 5.97 Å². The van der Waals surface area contributed by atoms with Gasteiger partial charge in [0.05, 0.1) is 11.8 Å². The molecule has 94 valence electrons. The average molecular weight is 238 g/mol. The molecular weight excluding hydrogens is 220 g/mol. The van der Waals surface area contributed by atoms with Crippen molar-refractivity contribution in [2.75, 3.05) is 0 Å². The molecule has 0 aromatic carbocycles. The number of carboxylic acids is 1. The molecule has 5 nitrogen and oxygen atoms in total. The van der Waals surface area contributed by atoms with Gasteiger partial charge in [-0.05, 0) is 32.9 Å².